The first-order valence-electron chi connectivity index (χ1n) is 14.6. The first-order chi connectivity index (χ1) is 19.4. The van der Waals surface area contributed by atoms with E-state index in [-0.39, 0.29) is 30.9 Å². The summed E-state index contributed by atoms with van der Waals surface area (Å²) in [6.07, 6.45) is 2.03. The van der Waals surface area contributed by atoms with Crippen LogP contribution >= 0.6 is 0 Å². The number of carbonyl (C=O) groups excluding carboxylic acids is 3. The zero-order valence-corrected chi connectivity index (χ0v) is 23.5. The molecule has 11 nitrogen and oxygen atoms in total. The van der Waals surface area contributed by atoms with Gasteiger partial charge in [0.15, 0.2) is 0 Å². The lowest BCUT2D eigenvalue weighted by molar-refractivity contribution is -0.146. The van der Waals surface area contributed by atoms with Crippen LogP contribution in [0.3, 0.4) is 0 Å². The molecule has 5 atom stereocenters. The van der Waals surface area contributed by atoms with Crippen LogP contribution in [-0.4, -0.2) is 109 Å². The summed E-state index contributed by atoms with van der Waals surface area (Å²) in [6, 6.07) is 6.29. The van der Waals surface area contributed by atoms with Crippen LogP contribution in [0.2, 0.25) is 0 Å². The SMILES string of the molecule is CCOc1ccc(NC(=O)[C@@H]2[C@H]3C(=O)N(CCCO)C(C(=O)NCCN4CCOCC4)C34CC[C@@]2(CC)O4)cc1. The predicted octanol–water partition coefficient (Wildman–Crippen LogP) is 1.01. The van der Waals surface area contributed by atoms with Gasteiger partial charge < -0.3 is 34.9 Å². The van der Waals surface area contributed by atoms with Gasteiger partial charge in [-0.15, -0.1) is 0 Å². The second-order valence-corrected chi connectivity index (χ2v) is 11.1. The lowest BCUT2D eigenvalue weighted by atomic mass is 9.65. The number of nitrogens with zero attached hydrogens (tertiary/aromatic N) is 2. The summed E-state index contributed by atoms with van der Waals surface area (Å²) in [4.78, 5) is 45.4. The van der Waals surface area contributed by atoms with E-state index in [0.29, 0.717) is 70.0 Å². The van der Waals surface area contributed by atoms with Gasteiger partial charge in [0, 0.05) is 45.0 Å². The second-order valence-electron chi connectivity index (χ2n) is 11.1. The van der Waals surface area contributed by atoms with Crippen LogP contribution < -0.4 is 15.4 Å². The lowest BCUT2D eigenvalue weighted by Gasteiger charge is -2.34. The molecular weight excluding hydrogens is 516 g/mol. The Balaban J connectivity index is 1.37. The van der Waals surface area contributed by atoms with E-state index in [1.165, 1.54) is 0 Å². The van der Waals surface area contributed by atoms with E-state index in [1.54, 1.807) is 29.2 Å². The van der Waals surface area contributed by atoms with Gasteiger partial charge in [0.1, 0.15) is 17.4 Å². The van der Waals surface area contributed by atoms with Gasteiger partial charge in [-0.25, -0.2) is 0 Å². The van der Waals surface area contributed by atoms with Gasteiger partial charge in [0.2, 0.25) is 17.7 Å². The second kappa shape index (κ2) is 12.0. The van der Waals surface area contributed by atoms with Crippen molar-refractivity contribution in [1.29, 1.82) is 0 Å². The third-order valence-corrected chi connectivity index (χ3v) is 9.03. The van der Waals surface area contributed by atoms with Crippen molar-refractivity contribution in [3.8, 4) is 5.75 Å². The summed E-state index contributed by atoms with van der Waals surface area (Å²) in [6.45, 7) is 8.68. The Morgan fingerprint density at radius 2 is 1.85 bits per heavy atom. The minimum Gasteiger partial charge on any atom is -0.494 e. The molecule has 0 radical (unpaired) electrons. The first-order valence-corrected chi connectivity index (χ1v) is 14.6. The van der Waals surface area contributed by atoms with Gasteiger partial charge in [-0.2, -0.15) is 0 Å². The molecule has 4 fully saturated rings. The minimum atomic E-state index is -1.08. The van der Waals surface area contributed by atoms with Crippen LogP contribution in [0.4, 0.5) is 5.69 Å². The van der Waals surface area contributed by atoms with Crippen LogP contribution in [0, 0.1) is 11.8 Å². The molecule has 0 aromatic heterocycles. The van der Waals surface area contributed by atoms with Crippen molar-refractivity contribution >= 4 is 23.4 Å². The molecule has 4 heterocycles. The van der Waals surface area contributed by atoms with Crippen LogP contribution in [0.5, 0.6) is 5.75 Å². The highest BCUT2D eigenvalue weighted by molar-refractivity contribution is 6.02. The molecule has 40 heavy (non-hydrogen) atoms. The van der Waals surface area contributed by atoms with Gasteiger partial charge in [0.05, 0.1) is 37.3 Å². The number of ether oxygens (including phenoxy) is 3. The number of amides is 3. The predicted molar refractivity (Wildman–Crippen MR) is 147 cm³/mol. The number of fused-ring (bicyclic) bond motifs is 1. The molecule has 4 aliphatic heterocycles. The quantitative estimate of drug-likeness (QED) is 0.347. The van der Waals surface area contributed by atoms with Gasteiger partial charge in [0.25, 0.3) is 0 Å². The smallest absolute Gasteiger partial charge is 0.245 e. The van der Waals surface area contributed by atoms with Gasteiger partial charge >= 0.3 is 0 Å². The minimum absolute atomic E-state index is 0.103. The van der Waals surface area contributed by atoms with Gasteiger partial charge in [-0.3, -0.25) is 19.3 Å². The molecule has 11 heteroatoms. The lowest BCUT2D eigenvalue weighted by Crippen LogP contribution is -2.56. The molecule has 3 amide bonds. The normalized spacial score (nSPS) is 31.3. The van der Waals surface area contributed by atoms with Crippen molar-refractivity contribution in [2.24, 2.45) is 11.8 Å². The summed E-state index contributed by atoms with van der Waals surface area (Å²) in [5, 5.41) is 15.6. The molecule has 220 valence electrons. The van der Waals surface area contributed by atoms with Crippen molar-refractivity contribution in [2.45, 2.75) is 56.8 Å². The molecule has 0 aliphatic carbocycles. The fraction of sp³-hybridized carbons (Fsp3) is 0.690. The monoisotopic (exact) mass is 558 g/mol. The number of rotatable bonds is 12. The highest BCUT2D eigenvalue weighted by atomic mass is 16.5. The summed E-state index contributed by atoms with van der Waals surface area (Å²) >= 11 is 0. The van der Waals surface area contributed by atoms with Crippen molar-refractivity contribution in [3.05, 3.63) is 24.3 Å². The third-order valence-electron chi connectivity index (χ3n) is 9.03. The average molecular weight is 559 g/mol. The maximum Gasteiger partial charge on any atom is 0.245 e. The van der Waals surface area contributed by atoms with Crippen molar-refractivity contribution in [3.63, 3.8) is 0 Å². The highest BCUT2D eigenvalue weighted by Gasteiger charge is 2.78. The van der Waals surface area contributed by atoms with E-state index in [1.807, 2.05) is 13.8 Å². The topological polar surface area (TPSA) is 130 Å². The van der Waals surface area contributed by atoms with Crippen LogP contribution in [-0.2, 0) is 23.9 Å². The van der Waals surface area contributed by atoms with Crippen molar-refractivity contribution < 1.29 is 33.7 Å². The Hall–Kier alpha value is -2.73. The number of nitrogens with one attached hydrogen (secondary N) is 2. The fourth-order valence-electron chi connectivity index (χ4n) is 7.18. The Labute approximate surface area is 235 Å². The maximum absolute atomic E-state index is 14.0. The number of anilines is 1. The molecule has 2 bridgehead atoms. The van der Waals surface area contributed by atoms with Crippen LogP contribution in [0.25, 0.3) is 0 Å². The molecule has 5 rings (SSSR count). The Bertz CT molecular complexity index is 1080. The summed E-state index contributed by atoms with van der Waals surface area (Å²) in [7, 11) is 0. The number of benzene rings is 1. The molecule has 4 aliphatic rings. The Kier molecular flexibility index (Phi) is 8.65. The summed E-state index contributed by atoms with van der Waals surface area (Å²) in [5.74, 6) is -1.57. The number of hydrogen-bond acceptors (Lipinski definition) is 8. The maximum atomic E-state index is 14.0. The standard InChI is InChI=1S/C29H42N4O7/c1-3-28-10-11-29(40-28)23(22(28)25(35)31-20-6-8-21(9-7-20)39-4-2)27(37)33(13-5-17-34)24(29)26(36)30-12-14-32-15-18-38-19-16-32/h6-9,22-24,34H,3-5,10-19H2,1-2H3,(H,30,36)(H,31,35)/t22-,23-,24?,28+,29?/m0/s1. The third kappa shape index (κ3) is 5.08. The molecule has 2 unspecified atom stereocenters. The number of likely N-dealkylation sites (tertiary alicyclic amines) is 1. The molecular formula is C29H42N4O7. The zero-order chi connectivity index (χ0) is 28.3. The molecule has 4 saturated heterocycles. The number of morpholine rings is 1. The van der Waals surface area contributed by atoms with Crippen molar-refractivity contribution in [2.75, 3.05) is 64.5 Å². The number of aliphatic hydroxyl groups is 1. The summed E-state index contributed by atoms with van der Waals surface area (Å²) < 4.78 is 17.7. The van der Waals surface area contributed by atoms with E-state index >= 15 is 0 Å². The highest BCUT2D eigenvalue weighted by Crippen LogP contribution is 2.64. The number of carbonyl (C=O) groups is 3. The molecule has 0 saturated carbocycles. The van der Waals surface area contributed by atoms with E-state index in [4.69, 9.17) is 14.2 Å². The van der Waals surface area contributed by atoms with Crippen LogP contribution in [0.1, 0.15) is 39.5 Å². The van der Waals surface area contributed by atoms with E-state index in [2.05, 4.69) is 15.5 Å². The van der Waals surface area contributed by atoms with E-state index in [9.17, 15) is 19.5 Å². The van der Waals surface area contributed by atoms with Crippen molar-refractivity contribution in [1.82, 2.24) is 15.1 Å². The van der Waals surface area contributed by atoms with Gasteiger partial charge in [-0.05, 0) is 56.9 Å². The van der Waals surface area contributed by atoms with E-state index in [0.717, 1.165) is 13.1 Å². The molecule has 1 aromatic rings. The average Bonchev–Trinajstić information content (AvgIpc) is 3.57. The fourth-order valence-corrected chi connectivity index (χ4v) is 7.18. The zero-order valence-electron chi connectivity index (χ0n) is 23.5. The Morgan fingerprint density at radius 1 is 1.10 bits per heavy atom. The number of aliphatic hydroxyl groups excluding tert-OH is 1. The summed E-state index contributed by atoms with van der Waals surface area (Å²) in [5.41, 5.74) is -1.28. The molecule has 1 spiro atoms. The largest absolute Gasteiger partial charge is 0.494 e. The molecule has 3 N–H and O–H groups in total. The van der Waals surface area contributed by atoms with Crippen LogP contribution in [0.15, 0.2) is 24.3 Å². The van der Waals surface area contributed by atoms with Gasteiger partial charge in [-0.1, -0.05) is 6.92 Å². The Morgan fingerprint density at radius 3 is 2.52 bits per heavy atom. The number of hydrogen-bond donors (Lipinski definition) is 3. The first kappa shape index (κ1) is 28.8. The molecule has 1 aromatic carbocycles. The van der Waals surface area contributed by atoms with E-state index < -0.39 is 29.1 Å².